The first-order valence-electron chi connectivity index (χ1n) is 8.33. The molecule has 0 radical (unpaired) electrons. The van der Waals surface area contributed by atoms with Gasteiger partial charge in [0.2, 0.25) is 0 Å². The maximum Gasteiger partial charge on any atom is 0.297 e. The Kier molecular flexibility index (Phi) is 5.75. The first-order chi connectivity index (χ1) is 12.8. The Morgan fingerprint density at radius 2 is 2.00 bits per heavy atom. The first-order valence-corrected chi connectivity index (χ1v) is 10.1. The quantitative estimate of drug-likeness (QED) is 0.457. The first kappa shape index (κ1) is 19.7. The summed E-state index contributed by atoms with van der Waals surface area (Å²) in [6.45, 7) is 3.18. The monoisotopic (exact) mass is 411 g/mol. The molecule has 0 unspecified atom stereocenters. The molecule has 2 heterocycles. The minimum atomic E-state index is -4.06. The van der Waals surface area contributed by atoms with Crippen LogP contribution in [0.2, 0.25) is 5.02 Å². The molecule has 1 aliphatic heterocycles. The fraction of sp³-hybridized carbons (Fsp3) is 0.353. The molecule has 1 aromatic carbocycles. The van der Waals surface area contributed by atoms with Crippen molar-refractivity contribution in [2.45, 2.75) is 30.8 Å². The number of rotatable bonds is 5. The SMILES string of the molecule is Cc1ccc(S(=O)(=O)OC2CCNCC2)c(-c2ncc([N+](=O)[O-])cc2Cl)c1. The molecule has 0 amide bonds. The van der Waals surface area contributed by atoms with Crippen LogP contribution < -0.4 is 5.32 Å². The van der Waals surface area contributed by atoms with Crippen LogP contribution in [0.1, 0.15) is 18.4 Å². The van der Waals surface area contributed by atoms with Crippen molar-refractivity contribution in [3.8, 4) is 11.3 Å². The zero-order valence-electron chi connectivity index (χ0n) is 14.5. The molecule has 0 aliphatic carbocycles. The third kappa shape index (κ3) is 4.44. The molecule has 0 bridgehead atoms. The van der Waals surface area contributed by atoms with E-state index in [2.05, 4.69) is 10.3 Å². The molecule has 0 spiro atoms. The summed E-state index contributed by atoms with van der Waals surface area (Å²) in [5.41, 5.74) is 0.927. The number of hydrogen-bond donors (Lipinski definition) is 1. The largest absolute Gasteiger partial charge is 0.317 e. The Balaban J connectivity index is 2.04. The number of nitrogens with zero attached hydrogens (tertiary/aromatic N) is 2. The maximum absolute atomic E-state index is 12.9. The Labute approximate surface area is 161 Å². The fourth-order valence-corrected chi connectivity index (χ4v) is 4.47. The molecule has 0 saturated carbocycles. The Hall–Kier alpha value is -2.07. The van der Waals surface area contributed by atoms with Gasteiger partial charge in [0.25, 0.3) is 15.8 Å². The Morgan fingerprint density at radius 3 is 2.63 bits per heavy atom. The second-order valence-corrected chi connectivity index (χ2v) is 8.23. The van der Waals surface area contributed by atoms with Crippen LogP contribution in [-0.2, 0) is 14.3 Å². The lowest BCUT2D eigenvalue weighted by molar-refractivity contribution is -0.385. The molecule has 2 aromatic rings. The summed E-state index contributed by atoms with van der Waals surface area (Å²) >= 11 is 6.16. The van der Waals surface area contributed by atoms with Gasteiger partial charge in [0.1, 0.15) is 11.1 Å². The molecule has 144 valence electrons. The summed E-state index contributed by atoms with van der Waals surface area (Å²) in [7, 11) is -4.06. The molecule has 1 fully saturated rings. The number of pyridine rings is 1. The van der Waals surface area contributed by atoms with Gasteiger partial charge in [0.05, 0.1) is 21.7 Å². The van der Waals surface area contributed by atoms with E-state index >= 15 is 0 Å². The highest BCUT2D eigenvalue weighted by molar-refractivity contribution is 7.87. The van der Waals surface area contributed by atoms with Gasteiger partial charge in [-0.3, -0.25) is 14.3 Å². The predicted molar refractivity (Wildman–Crippen MR) is 100 cm³/mol. The van der Waals surface area contributed by atoms with Crippen molar-refractivity contribution in [2.75, 3.05) is 13.1 Å². The molecule has 1 saturated heterocycles. The summed E-state index contributed by atoms with van der Waals surface area (Å²) in [6, 6.07) is 5.87. The van der Waals surface area contributed by atoms with Gasteiger partial charge in [0, 0.05) is 11.6 Å². The fourth-order valence-electron chi connectivity index (χ4n) is 2.90. The highest BCUT2D eigenvalue weighted by Crippen LogP contribution is 2.35. The van der Waals surface area contributed by atoms with Gasteiger partial charge in [-0.25, -0.2) is 4.98 Å². The van der Waals surface area contributed by atoms with Gasteiger partial charge in [-0.1, -0.05) is 23.2 Å². The average molecular weight is 412 g/mol. The number of nitrogens with one attached hydrogen (secondary N) is 1. The molecule has 0 atom stereocenters. The lowest BCUT2D eigenvalue weighted by atomic mass is 10.1. The van der Waals surface area contributed by atoms with E-state index in [1.165, 1.54) is 6.07 Å². The third-order valence-corrected chi connectivity index (χ3v) is 5.95. The van der Waals surface area contributed by atoms with Crippen molar-refractivity contribution in [3.63, 3.8) is 0 Å². The van der Waals surface area contributed by atoms with Crippen LogP contribution in [0, 0.1) is 17.0 Å². The molecule has 1 aliphatic rings. The van der Waals surface area contributed by atoms with E-state index in [-0.39, 0.29) is 26.9 Å². The summed E-state index contributed by atoms with van der Waals surface area (Å²) in [5.74, 6) is 0. The molecule has 3 rings (SSSR count). The minimum Gasteiger partial charge on any atom is -0.317 e. The van der Waals surface area contributed by atoms with Gasteiger partial charge in [0.15, 0.2) is 0 Å². The van der Waals surface area contributed by atoms with Crippen molar-refractivity contribution in [3.05, 3.63) is 51.2 Å². The number of aromatic nitrogens is 1. The van der Waals surface area contributed by atoms with Gasteiger partial charge >= 0.3 is 0 Å². The molecular formula is C17H18ClN3O5S. The number of piperidine rings is 1. The molecule has 10 heteroatoms. The molecule has 1 aromatic heterocycles. The second-order valence-electron chi connectivity index (χ2n) is 6.28. The molecule has 1 N–H and O–H groups in total. The lowest BCUT2D eigenvalue weighted by Crippen LogP contribution is -2.33. The van der Waals surface area contributed by atoms with Crippen molar-refractivity contribution < 1.29 is 17.5 Å². The van der Waals surface area contributed by atoms with E-state index in [0.29, 0.717) is 25.9 Å². The highest BCUT2D eigenvalue weighted by Gasteiger charge is 2.27. The summed E-state index contributed by atoms with van der Waals surface area (Å²) in [4.78, 5) is 14.2. The van der Waals surface area contributed by atoms with Gasteiger partial charge in [-0.2, -0.15) is 8.42 Å². The predicted octanol–water partition coefficient (Wildman–Crippen LogP) is 3.08. The van der Waals surface area contributed by atoms with Crippen LogP contribution in [0.4, 0.5) is 5.69 Å². The van der Waals surface area contributed by atoms with E-state index in [0.717, 1.165) is 17.8 Å². The number of hydrogen-bond acceptors (Lipinski definition) is 7. The standard InChI is InChI=1S/C17H18ClN3O5S/c1-11-2-3-16(27(24,25)26-13-4-6-19-7-5-13)14(8-11)17-15(18)9-12(10-20-17)21(22)23/h2-3,8-10,13,19H,4-7H2,1H3. The molecular weight excluding hydrogens is 394 g/mol. The lowest BCUT2D eigenvalue weighted by Gasteiger charge is -2.23. The highest BCUT2D eigenvalue weighted by atomic mass is 35.5. The summed E-state index contributed by atoms with van der Waals surface area (Å²) in [6.07, 6.45) is 1.84. The van der Waals surface area contributed by atoms with Gasteiger partial charge in [-0.15, -0.1) is 0 Å². The van der Waals surface area contributed by atoms with Crippen LogP contribution in [-0.4, -0.2) is 37.5 Å². The van der Waals surface area contributed by atoms with Crippen molar-refractivity contribution >= 4 is 27.4 Å². The number of benzene rings is 1. The second kappa shape index (κ2) is 7.89. The van der Waals surface area contributed by atoms with Crippen LogP contribution >= 0.6 is 11.6 Å². The Bertz CT molecular complexity index is 975. The minimum absolute atomic E-state index is 0.00637. The normalized spacial score (nSPS) is 15.6. The number of halogens is 1. The van der Waals surface area contributed by atoms with Crippen molar-refractivity contribution in [2.24, 2.45) is 0 Å². The van der Waals surface area contributed by atoms with Crippen LogP contribution in [0.15, 0.2) is 35.4 Å². The smallest absolute Gasteiger partial charge is 0.297 e. The van der Waals surface area contributed by atoms with Gasteiger partial charge < -0.3 is 5.32 Å². The van der Waals surface area contributed by atoms with E-state index in [9.17, 15) is 18.5 Å². The number of nitro groups is 1. The average Bonchev–Trinajstić information content (AvgIpc) is 2.61. The molecule has 27 heavy (non-hydrogen) atoms. The van der Waals surface area contributed by atoms with E-state index in [4.69, 9.17) is 15.8 Å². The zero-order chi connectivity index (χ0) is 19.6. The summed E-state index contributed by atoms with van der Waals surface area (Å²) in [5, 5.41) is 14.0. The summed E-state index contributed by atoms with van der Waals surface area (Å²) < 4.78 is 31.2. The maximum atomic E-state index is 12.9. The third-order valence-electron chi connectivity index (χ3n) is 4.25. The van der Waals surface area contributed by atoms with E-state index < -0.39 is 21.1 Å². The van der Waals surface area contributed by atoms with Crippen LogP contribution in [0.3, 0.4) is 0 Å². The van der Waals surface area contributed by atoms with Crippen LogP contribution in [0.25, 0.3) is 11.3 Å². The van der Waals surface area contributed by atoms with Gasteiger partial charge in [-0.05, 0) is 45.0 Å². The van der Waals surface area contributed by atoms with Crippen LogP contribution in [0.5, 0.6) is 0 Å². The number of aryl methyl sites for hydroxylation is 1. The van der Waals surface area contributed by atoms with Crippen molar-refractivity contribution in [1.82, 2.24) is 10.3 Å². The topological polar surface area (TPSA) is 111 Å². The van der Waals surface area contributed by atoms with E-state index in [1.54, 1.807) is 19.1 Å². The molecule has 8 nitrogen and oxygen atoms in total. The zero-order valence-corrected chi connectivity index (χ0v) is 16.1. The Morgan fingerprint density at radius 1 is 1.30 bits per heavy atom. The van der Waals surface area contributed by atoms with E-state index in [1.807, 2.05) is 0 Å². The van der Waals surface area contributed by atoms with Crippen molar-refractivity contribution in [1.29, 1.82) is 0 Å².